The number of aromatic nitrogens is 2. The number of sulfonamides is 1. The van der Waals surface area contributed by atoms with E-state index in [4.69, 9.17) is 5.73 Å². The largest absolute Gasteiger partial charge is 0.397 e. The van der Waals surface area contributed by atoms with Crippen LogP contribution in [0.5, 0.6) is 0 Å². The normalized spacial score (nSPS) is 17.7. The van der Waals surface area contributed by atoms with Gasteiger partial charge in [0, 0.05) is 25.3 Å². The maximum absolute atomic E-state index is 12.1. The predicted molar refractivity (Wildman–Crippen MR) is 109 cm³/mol. The molecule has 1 aliphatic heterocycles. The summed E-state index contributed by atoms with van der Waals surface area (Å²) in [5.74, 6) is 1.38. The van der Waals surface area contributed by atoms with Gasteiger partial charge in [0.25, 0.3) is 0 Å². The van der Waals surface area contributed by atoms with Crippen LogP contribution in [0.1, 0.15) is 26.2 Å². The van der Waals surface area contributed by atoms with Gasteiger partial charge in [-0.15, -0.1) is 0 Å². The van der Waals surface area contributed by atoms with Crippen LogP contribution in [0.2, 0.25) is 0 Å². The quantitative estimate of drug-likeness (QED) is 0.620. The fourth-order valence-electron chi connectivity index (χ4n) is 3.18. The molecule has 1 atom stereocenters. The SMILES string of the molecule is CCCS(=O)(=O)NC1CCCN(c2ccnc(Nc3ccccc3N)n2)C1. The summed E-state index contributed by atoms with van der Waals surface area (Å²) < 4.78 is 26.9. The van der Waals surface area contributed by atoms with Crippen molar-refractivity contribution in [2.24, 2.45) is 0 Å². The van der Waals surface area contributed by atoms with Gasteiger partial charge in [-0.25, -0.2) is 18.1 Å². The molecular weight excluding hydrogens is 364 g/mol. The Bertz CT molecular complexity index is 874. The molecule has 1 aromatic carbocycles. The van der Waals surface area contributed by atoms with Gasteiger partial charge in [0.15, 0.2) is 0 Å². The molecule has 1 fully saturated rings. The van der Waals surface area contributed by atoms with E-state index in [1.165, 1.54) is 0 Å². The molecule has 0 aliphatic carbocycles. The molecule has 1 unspecified atom stereocenters. The van der Waals surface area contributed by atoms with Crippen LogP contribution in [0.4, 0.5) is 23.1 Å². The van der Waals surface area contributed by atoms with E-state index in [2.05, 4.69) is 24.9 Å². The highest BCUT2D eigenvalue weighted by Gasteiger charge is 2.24. The second kappa shape index (κ2) is 8.53. The molecule has 1 aliphatic rings. The number of anilines is 4. The molecule has 1 saturated heterocycles. The minimum atomic E-state index is -3.23. The molecule has 27 heavy (non-hydrogen) atoms. The number of nitrogens with one attached hydrogen (secondary N) is 2. The third-order valence-corrected chi connectivity index (χ3v) is 6.05. The number of para-hydroxylation sites is 2. The third-order valence-electron chi connectivity index (χ3n) is 4.41. The molecule has 2 heterocycles. The summed E-state index contributed by atoms with van der Waals surface area (Å²) >= 11 is 0. The van der Waals surface area contributed by atoms with Gasteiger partial charge in [-0.05, 0) is 37.5 Å². The van der Waals surface area contributed by atoms with E-state index >= 15 is 0 Å². The van der Waals surface area contributed by atoms with Crippen LogP contribution in [0.3, 0.4) is 0 Å². The van der Waals surface area contributed by atoms with Gasteiger partial charge in [0.1, 0.15) is 5.82 Å². The van der Waals surface area contributed by atoms with Gasteiger partial charge in [0.05, 0.1) is 17.1 Å². The van der Waals surface area contributed by atoms with Gasteiger partial charge in [-0.1, -0.05) is 19.1 Å². The van der Waals surface area contributed by atoms with Crippen molar-refractivity contribution in [2.75, 3.05) is 34.8 Å². The Morgan fingerprint density at radius 3 is 2.89 bits per heavy atom. The second-order valence-electron chi connectivity index (χ2n) is 6.67. The molecule has 1 aromatic heterocycles. The van der Waals surface area contributed by atoms with Crippen molar-refractivity contribution in [3.05, 3.63) is 36.5 Å². The van der Waals surface area contributed by atoms with E-state index in [1.54, 1.807) is 6.20 Å². The van der Waals surface area contributed by atoms with Gasteiger partial charge >= 0.3 is 0 Å². The Morgan fingerprint density at radius 1 is 1.30 bits per heavy atom. The summed E-state index contributed by atoms with van der Waals surface area (Å²) in [6.07, 6.45) is 4.03. The van der Waals surface area contributed by atoms with Crippen LogP contribution in [0.25, 0.3) is 0 Å². The number of piperidine rings is 1. The van der Waals surface area contributed by atoms with E-state index in [0.29, 0.717) is 24.6 Å². The predicted octanol–water partition coefficient (Wildman–Crippen LogP) is 2.10. The Morgan fingerprint density at radius 2 is 2.11 bits per heavy atom. The highest BCUT2D eigenvalue weighted by Crippen LogP contribution is 2.23. The van der Waals surface area contributed by atoms with Crippen molar-refractivity contribution in [3.63, 3.8) is 0 Å². The number of nitrogens with two attached hydrogens (primary N) is 1. The van der Waals surface area contributed by atoms with Crippen molar-refractivity contribution in [1.82, 2.24) is 14.7 Å². The molecule has 146 valence electrons. The lowest BCUT2D eigenvalue weighted by Gasteiger charge is -2.33. The molecule has 4 N–H and O–H groups in total. The first-order valence-electron chi connectivity index (χ1n) is 9.16. The fourth-order valence-corrected chi connectivity index (χ4v) is 4.54. The van der Waals surface area contributed by atoms with Crippen LogP contribution in [-0.4, -0.2) is 43.3 Å². The first kappa shape index (κ1) is 19.4. The summed E-state index contributed by atoms with van der Waals surface area (Å²) in [4.78, 5) is 10.9. The molecule has 0 spiro atoms. The molecule has 0 saturated carbocycles. The second-order valence-corrected chi connectivity index (χ2v) is 8.55. The minimum Gasteiger partial charge on any atom is -0.397 e. The standard InChI is InChI=1S/C18H26N6O2S/c1-2-12-27(25,26)23-14-6-5-11-24(13-14)17-9-10-20-18(22-17)21-16-8-4-3-7-15(16)19/h3-4,7-10,14,23H,2,5-6,11-13,19H2,1H3,(H,20,21,22). The molecule has 0 bridgehead atoms. The van der Waals surface area contributed by atoms with Crippen molar-refractivity contribution >= 4 is 33.2 Å². The van der Waals surface area contributed by atoms with E-state index in [-0.39, 0.29) is 11.8 Å². The monoisotopic (exact) mass is 390 g/mol. The van der Waals surface area contributed by atoms with Gasteiger partial charge in [-0.2, -0.15) is 4.98 Å². The lowest BCUT2D eigenvalue weighted by Crippen LogP contribution is -2.48. The van der Waals surface area contributed by atoms with Crippen molar-refractivity contribution in [2.45, 2.75) is 32.2 Å². The molecule has 0 amide bonds. The Kier molecular flexibility index (Phi) is 6.12. The Labute approximate surface area is 160 Å². The molecule has 8 nitrogen and oxygen atoms in total. The maximum atomic E-state index is 12.1. The lowest BCUT2D eigenvalue weighted by molar-refractivity contribution is 0.463. The van der Waals surface area contributed by atoms with Crippen LogP contribution in [0, 0.1) is 0 Å². The zero-order valence-electron chi connectivity index (χ0n) is 15.4. The smallest absolute Gasteiger partial charge is 0.229 e. The summed E-state index contributed by atoms with van der Waals surface area (Å²) in [6.45, 7) is 3.28. The zero-order valence-corrected chi connectivity index (χ0v) is 16.2. The molecule has 0 radical (unpaired) electrons. The van der Waals surface area contributed by atoms with Crippen molar-refractivity contribution in [1.29, 1.82) is 0 Å². The number of nitrogens with zero attached hydrogens (tertiary/aromatic N) is 3. The Hall–Kier alpha value is -2.39. The fraction of sp³-hybridized carbons (Fsp3) is 0.444. The number of hydrogen-bond donors (Lipinski definition) is 3. The van der Waals surface area contributed by atoms with Crippen LogP contribution < -0.4 is 20.7 Å². The van der Waals surface area contributed by atoms with E-state index in [0.717, 1.165) is 30.9 Å². The number of rotatable bonds is 7. The Balaban J connectivity index is 1.70. The number of nitrogen functional groups attached to an aromatic ring is 1. The lowest BCUT2D eigenvalue weighted by atomic mass is 10.1. The first-order chi connectivity index (χ1) is 13.0. The van der Waals surface area contributed by atoms with E-state index in [1.807, 2.05) is 37.3 Å². The van der Waals surface area contributed by atoms with Crippen molar-refractivity contribution in [3.8, 4) is 0 Å². The summed E-state index contributed by atoms with van der Waals surface area (Å²) in [5, 5.41) is 3.13. The summed E-state index contributed by atoms with van der Waals surface area (Å²) in [5.41, 5.74) is 7.33. The topological polar surface area (TPSA) is 113 Å². The molecule has 3 rings (SSSR count). The van der Waals surface area contributed by atoms with E-state index in [9.17, 15) is 8.42 Å². The van der Waals surface area contributed by atoms with Crippen LogP contribution in [-0.2, 0) is 10.0 Å². The van der Waals surface area contributed by atoms with Gasteiger partial charge in [0.2, 0.25) is 16.0 Å². The average Bonchev–Trinajstić information content (AvgIpc) is 2.64. The van der Waals surface area contributed by atoms with Crippen molar-refractivity contribution < 1.29 is 8.42 Å². The van der Waals surface area contributed by atoms with E-state index < -0.39 is 10.0 Å². The summed E-state index contributed by atoms with van der Waals surface area (Å²) in [7, 11) is -3.23. The summed E-state index contributed by atoms with van der Waals surface area (Å²) in [6, 6.07) is 9.16. The average molecular weight is 391 g/mol. The maximum Gasteiger partial charge on any atom is 0.229 e. The van der Waals surface area contributed by atoms with Gasteiger partial charge in [-0.3, -0.25) is 0 Å². The molecule has 2 aromatic rings. The highest BCUT2D eigenvalue weighted by atomic mass is 32.2. The number of benzene rings is 1. The third kappa shape index (κ3) is 5.30. The molecular formula is C18H26N6O2S. The van der Waals surface area contributed by atoms with Crippen LogP contribution >= 0.6 is 0 Å². The zero-order chi connectivity index (χ0) is 19.3. The minimum absolute atomic E-state index is 0.105. The van der Waals surface area contributed by atoms with Gasteiger partial charge < -0.3 is 16.0 Å². The van der Waals surface area contributed by atoms with Crippen LogP contribution in [0.15, 0.2) is 36.5 Å². The first-order valence-corrected chi connectivity index (χ1v) is 10.8. The highest BCUT2D eigenvalue weighted by molar-refractivity contribution is 7.89. The molecule has 9 heteroatoms. The number of hydrogen-bond acceptors (Lipinski definition) is 7.